The number of aromatic nitrogens is 5. The second-order valence-corrected chi connectivity index (χ2v) is 5.25. The zero-order valence-electron chi connectivity index (χ0n) is 13.3. The lowest BCUT2D eigenvalue weighted by Gasteiger charge is -2.16. The fourth-order valence-corrected chi connectivity index (χ4v) is 2.23. The Kier molecular flexibility index (Phi) is 4.03. The van der Waals surface area contributed by atoms with Crippen molar-refractivity contribution in [2.45, 2.75) is 6.18 Å². The van der Waals surface area contributed by atoms with E-state index in [9.17, 15) is 18.0 Å². The smallest absolute Gasteiger partial charge is 0.309 e. The van der Waals surface area contributed by atoms with Crippen LogP contribution in [-0.2, 0) is 13.2 Å². The van der Waals surface area contributed by atoms with Crippen molar-refractivity contribution in [3.8, 4) is 5.95 Å². The number of alkyl halides is 3. The fourth-order valence-electron chi connectivity index (χ4n) is 2.23. The summed E-state index contributed by atoms with van der Waals surface area (Å²) in [5.74, 6) is -0.282. The van der Waals surface area contributed by atoms with Gasteiger partial charge in [-0.1, -0.05) is 0 Å². The van der Waals surface area contributed by atoms with Gasteiger partial charge in [-0.15, -0.1) is 0 Å². The molecule has 0 fully saturated rings. The van der Waals surface area contributed by atoms with Gasteiger partial charge in [-0.25, -0.2) is 9.67 Å². The van der Waals surface area contributed by atoms with Crippen molar-refractivity contribution >= 4 is 11.6 Å². The quantitative estimate of drug-likeness (QED) is 0.727. The first-order valence-electron chi connectivity index (χ1n) is 7.11. The molecule has 0 aliphatic carbocycles. The van der Waals surface area contributed by atoms with Crippen LogP contribution >= 0.6 is 0 Å². The summed E-state index contributed by atoms with van der Waals surface area (Å²) < 4.78 is 40.4. The van der Waals surface area contributed by atoms with Crippen LogP contribution < -0.4 is 4.90 Å². The SMILES string of the molecule is CN(C(=O)c1cnc(-n2cc(C(F)(F)F)cn2)n1C)c1cccnc1. The summed E-state index contributed by atoms with van der Waals surface area (Å²) in [6.45, 7) is 0. The Morgan fingerprint density at radius 3 is 2.60 bits per heavy atom. The van der Waals surface area contributed by atoms with Crippen LogP contribution in [0.4, 0.5) is 18.9 Å². The predicted octanol–water partition coefficient (Wildman–Crippen LogP) is 2.30. The van der Waals surface area contributed by atoms with Gasteiger partial charge in [0.05, 0.1) is 29.8 Å². The summed E-state index contributed by atoms with van der Waals surface area (Å²) in [5, 5.41) is 3.67. The summed E-state index contributed by atoms with van der Waals surface area (Å²) in [7, 11) is 3.10. The summed E-state index contributed by atoms with van der Waals surface area (Å²) in [4.78, 5) is 21.9. The van der Waals surface area contributed by atoms with Crippen LogP contribution in [-0.4, -0.2) is 37.3 Å². The Balaban J connectivity index is 1.91. The molecule has 0 aliphatic rings. The molecule has 0 atom stereocenters. The number of hydrogen-bond donors (Lipinski definition) is 0. The molecule has 7 nitrogen and oxygen atoms in total. The van der Waals surface area contributed by atoms with Crippen LogP contribution in [0, 0.1) is 0 Å². The Bertz CT molecular complexity index is 900. The second-order valence-electron chi connectivity index (χ2n) is 5.25. The summed E-state index contributed by atoms with van der Waals surface area (Å²) >= 11 is 0. The largest absolute Gasteiger partial charge is 0.419 e. The Morgan fingerprint density at radius 2 is 2.00 bits per heavy atom. The molecule has 1 amide bonds. The molecule has 0 unspecified atom stereocenters. The van der Waals surface area contributed by atoms with Crippen molar-refractivity contribution in [1.29, 1.82) is 0 Å². The van der Waals surface area contributed by atoms with Gasteiger partial charge in [0.25, 0.3) is 5.91 Å². The van der Waals surface area contributed by atoms with Crippen molar-refractivity contribution in [3.05, 3.63) is 54.4 Å². The third-order valence-corrected chi connectivity index (χ3v) is 3.64. The van der Waals surface area contributed by atoms with E-state index in [-0.39, 0.29) is 17.5 Å². The van der Waals surface area contributed by atoms with Gasteiger partial charge in [-0.05, 0) is 12.1 Å². The number of carbonyl (C=O) groups excluding carboxylic acids is 1. The van der Waals surface area contributed by atoms with Gasteiger partial charge in [-0.2, -0.15) is 18.3 Å². The van der Waals surface area contributed by atoms with Crippen LogP contribution in [0.25, 0.3) is 5.95 Å². The Labute approximate surface area is 140 Å². The number of amides is 1. The molecule has 0 radical (unpaired) electrons. The second kappa shape index (κ2) is 6.04. The van der Waals surface area contributed by atoms with Gasteiger partial charge < -0.3 is 9.47 Å². The number of anilines is 1. The number of rotatable bonds is 3. The molecule has 3 aromatic heterocycles. The molecule has 0 aromatic carbocycles. The van der Waals surface area contributed by atoms with Crippen LogP contribution in [0.2, 0.25) is 0 Å². The summed E-state index contributed by atoms with van der Waals surface area (Å²) in [6, 6.07) is 3.40. The molecule has 25 heavy (non-hydrogen) atoms. The number of imidazole rings is 1. The molecule has 0 saturated heterocycles. The first-order valence-corrected chi connectivity index (χ1v) is 7.11. The van der Waals surface area contributed by atoms with Crippen molar-refractivity contribution in [1.82, 2.24) is 24.3 Å². The van der Waals surface area contributed by atoms with E-state index in [0.29, 0.717) is 11.9 Å². The van der Waals surface area contributed by atoms with Crippen LogP contribution in [0.5, 0.6) is 0 Å². The maximum Gasteiger partial charge on any atom is 0.419 e. The van der Waals surface area contributed by atoms with Gasteiger partial charge in [0, 0.05) is 26.5 Å². The highest BCUT2D eigenvalue weighted by Gasteiger charge is 2.32. The third-order valence-electron chi connectivity index (χ3n) is 3.64. The van der Waals surface area contributed by atoms with E-state index in [0.717, 1.165) is 10.9 Å². The lowest BCUT2D eigenvalue weighted by molar-refractivity contribution is -0.137. The minimum absolute atomic E-state index is 0.0958. The normalized spacial score (nSPS) is 11.6. The third kappa shape index (κ3) is 3.10. The fraction of sp³-hybridized carbons (Fsp3) is 0.200. The molecule has 0 N–H and O–H groups in total. The van der Waals surface area contributed by atoms with Gasteiger partial charge in [0.15, 0.2) is 0 Å². The van der Waals surface area contributed by atoms with Crippen molar-refractivity contribution in [2.75, 3.05) is 11.9 Å². The zero-order chi connectivity index (χ0) is 18.2. The molecule has 3 aromatic rings. The zero-order valence-corrected chi connectivity index (χ0v) is 13.3. The highest BCUT2D eigenvalue weighted by atomic mass is 19.4. The van der Waals surface area contributed by atoms with E-state index >= 15 is 0 Å². The lowest BCUT2D eigenvalue weighted by atomic mass is 10.3. The number of hydrogen-bond acceptors (Lipinski definition) is 4. The van der Waals surface area contributed by atoms with Crippen LogP contribution in [0.15, 0.2) is 43.1 Å². The standard InChI is InChI=1S/C15H13F3N6O/c1-22(11-4-3-5-19-7-11)13(25)12-8-20-14(23(12)2)24-9-10(6-21-24)15(16,17)18/h3-9H,1-2H3. The molecular weight excluding hydrogens is 337 g/mol. The van der Waals surface area contributed by atoms with Gasteiger partial charge in [0.1, 0.15) is 5.69 Å². The molecular formula is C15H13F3N6O. The number of nitrogens with zero attached hydrogens (tertiary/aromatic N) is 6. The van der Waals surface area contributed by atoms with Crippen molar-refractivity contribution in [2.24, 2.45) is 7.05 Å². The maximum atomic E-state index is 12.7. The van der Waals surface area contributed by atoms with Gasteiger partial charge >= 0.3 is 6.18 Å². The Morgan fingerprint density at radius 1 is 1.24 bits per heavy atom. The maximum absolute atomic E-state index is 12.7. The molecule has 0 saturated carbocycles. The minimum atomic E-state index is -4.50. The van der Waals surface area contributed by atoms with E-state index < -0.39 is 11.7 Å². The Hall–Kier alpha value is -3.17. The average Bonchev–Trinajstić information content (AvgIpc) is 3.20. The minimum Gasteiger partial charge on any atom is -0.309 e. The van der Waals surface area contributed by atoms with E-state index in [1.54, 1.807) is 25.4 Å². The van der Waals surface area contributed by atoms with E-state index in [1.165, 1.54) is 28.9 Å². The van der Waals surface area contributed by atoms with Crippen LogP contribution in [0.3, 0.4) is 0 Å². The highest BCUT2D eigenvalue weighted by molar-refractivity contribution is 6.04. The van der Waals surface area contributed by atoms with Crippen molar-refractivity contribution < 1.29 is 18.0 Å². The van der Waals surface area contributed by atoms with Gasteiger partial charge in [-0.3, -0.25) is 9.78 Å². The lowest BCUT2D eigenvalue weighted by Crippen LogP contribution is -2.28. The van der Waals surface area contributed by atoms with Crippen LogP contribution in [0.1, 0.15) is 16.1 Å². The molecule has 0 spiro atoms. The molecule has 3 heterocycles. The van der Waals surface area contributed by atoms with Crippen molar-refractivity contribution in [3.63, 3.8) is 0 Å². The first kappa shape index (κ1) is 16.7. The first-order chi connectivity index (χ1) is 11.8. The molecule has 10 heteroatoms. The topological polar surface area (TPSA) is 68.8 Å². The molecule has 0 aliphatic heterocycles. The number of carbonyl (C=O) groups is 1. The van der Waals surface area contributed by atoms with Gasteiger partial charge in [0.2, 0.25) is 5.95 Å². The number of pyridine rings is 1. The highest BCUT2D eigenvalue weighted by Crippen LogP contribution is 2.29. The van der Waals surface area contributed by atoms with E-state index in [2.05, 4.69) is 15.1 Å². The van der Waals surface area contributed by atoms with E-state index in [1.807, 2.05) is 0 Å². The summed E-state index contributed by atoms with van der Waals surface area (Å²) in [5.41, 5.74) is -0.116. The summed E-state index contributed by atoms with van der Waals surface area (Å²) in [6.07, 6.45) is 1.43. The average molecular weight is 350 g/mol. The molecule has 3 rings (SSSR count). The predicted molar refractivity (Wildman–Crippen MR) is 82.3 cm³/mol. The monoisotopic (exact) mass is 350 g/mol. The molecule has 0 bridgehead atoms. The van der Waals surface area contributed by atoms with E-state index in [4.69, 9.17) is 0 Å². The molecule has 130 valence electrons. The number of halogens is 3.